The lowest BCUT2D eigenvalue weighted by Gasteiger charge is -2.14. The van der Waals surface area contributed by atoms with Crippen LogP contribution in [0.25, 0.3) is 23.3 Å². The van der Waals surface area contributed by atoms with Gasteiger partial charge in [-0.25, -0.2) is 9.69 Å². The van der Waals surface area contributed by atoms with Crippen molar-refractivity contribution < 1.29 is 24.2 Å². The molecule has 0 aliphatic carbocycles. The van der Waals surface area contributed by atoms with Crippen molar-refractivity contribution >= 4 is 35.6 Å². The standard InChI is InChI=1S/C28H21NO5/c1-19(18-30)28(33)34-25-14-6-21(7-15-25)3-2-20-4-8-22(9-5-20)23-10-12-24(13-11-23)29-26(31)16-17-27(29)32/h2-17,30H,1,18H2/b3-2+. The largest absolute Gasteiger partial charge is 0.423 e. The second kappa shape index (κ2) is 9.94. The van der Waals surface area contributed by atoms with Gasteiger partial charge in [0.05, 0.1) is 17.9 Å². The molecule has 0 aromatic heterocycles. The van der Waals surface area contributed by atoms with E-state index in [0.717, 1.165) is 27.2 Å². The van der Waals surface area contributed by atoms with Crippen molar-refractivity contribution in [2.45, 2.75) is 0 Å². The lowest BCUT2D eigenvalue weighted by molar-refractivity contribution is -0.130. The summed E-state index contributed by atoms with van der Waals surface area (Å²) in [6.07, 6.45) is 6.45. The molecule has 0 radical (unpaired) electrons. The topological polar surface area (TPSA) is 83.9 Å². The van der Waals surface area contributed by atoms with Gasteiger partial charge in [-0.1, -0.05) is 67.3 Å². The highest BCUT2D eigenvalue weighted by molar-refractivity contribution is 6.28. The predicted molar refractivity (Wildman–Crippen MR) is 131 cm³/mol. The van der Waals surface area contributed by atoms with Gasteiger partial charge in [-0.15, -0.1) is 0 Å². The summed E-state index contributed by atoms with van der Waals surface area (Å²) in [7, 11) is 0. The van der Waals surface area contributed by atoms with Gasteiger partial charge in [-0.2, -0.15) is 0 Å². The zero-order valence-electron chi connectivity index (χ0n) is 18.2. The number of hydrogen-bond acceptors (Lipinski definition) is 5. The zero-order chi connectivity index (χ0) is 24.1. The van der Waals surface area contributed by atoms with E-state index in [-0.39, 0.29) is 17.4 Å². The van der Waals surface area contributed by atoms with E-state index < -0.39 is 12.6 Å². The van der Waals surface area contributed by atoms with E-state index in [0.29, 0.717) is 11.4 Å². The second-order valence-corrected chi connectivity index (χ2v) is 7.57. The molecule has 0 spiro atoms. The normalized spacial score (nSPS) is 13.0. The Morgan fingerprint density at radius 2 is 1.26 bits per heavy atom. The van der Waals surface area contributed by atoms with Crippen LogP contribution in [0.4, 0.5) is 5.69 Å². The van der Waals surface area contributed by atoms with E-state index in [1.54, 1.807) is 24.3 Å². The van der Waals surface area contributed by atoms with Gasteiger partial charge in [0.1, 0.15) is 5.75 Å². The minimum absolute atomic E-state index is 0.00236. The van der Waals surface area contributed by atoms with Crippen molar-refractivity contribution in [1.82, 2.24) is 0 Å². The highest BCUT2D eigenvalue weighted by atomic mass is 16.5. The monoisotopic (exact) mass is 451 g/mol. The van der Waals surface area contributed by atoms with Crippen LogP contribution in [0.3, 0.4) is 0 Å². The van der Waals surface area contributed by atoms with E-state index in [4.69, 9.17) is 9.84 Å². The SMILES string of the molecule is C=C(CO)C(=O)Oc1ccc(/C=C/c2ccc(-c3ccc(N4C(=O)C=CC4=O)cc3)cc2)cc1. The van der Waals surface area contributed by atoms with E-state index >= 15 is 0 Å². The number of esters is 1. The quantitative estimate of drug-likeness (QED) is 0.189. The molecule has 0 unspecified atom stereocenters. The molecule has 0 saturated heterocycles. The molecule has 4 rings (SSSR count). The van der Waals surface area contributed by atoms with E-state index in [1.807, 2.05) is 60.7 Å². The molecule has 168 valence electrons. The summed E-state index contributed by atoms with van der Waals surface area (Å²) in [6, 6.07) is 22.2. The third-order valence-electron chi connectivity index (χ3n) is 5.22. The van der Waals surface area contributed by atoms with Crippen molar-refractivity contribution in [2.24, 2.45) is 0 Å². The van der Waals surface area contributed by atoms with Crippen LogP contribution in [-0.2, 0) is 14.4 Å². The maximum atomic E-state index is 11.8. The van der Waals surface area contributed by atoms with E-state index in [9.17, 15) is 14.4 Å². The van der Waals surface area contributed by atoms with Crippen LogP contribution in [0.2, 0.25) is 0 Å². The van der Waals surface area contributed by atoms with E-state index in [1.165, 1.54) is 12.2 Å². The van der Waals surface area contributed by atoms with Gasteiger partial charge in [-0.05, 0) is 46.5 Å². The van der Waals surface area contributed by atoms with Gasteiger partial charge in [0, 0.05) is 12.2 Å². The molecule has 1 aliphatic rings. The van der Waals surface area contributed by atoms with Gasteiger partial charge >= 0.3 is 5.97 Å². The second-order valence-electron chi connectivity index (χ2n) is 7.57. The third-order valence-corrected chi connectivity index (χ3v) is 5.22. The first-order valence-electron chi connectivity index (χ1n) is 10.5. The number of nitrogens with zero attached hydrogens (tertiary/aromatic N) is 1. The Morgan fingerprint density at radius 3 is 1.76 bits per heavy atom. The van der Waals surface area contributed by atoms with Crippen molar-refractivity contribution in [3.63, 3.8) is 0 Å². The molecule has 0 saturated carbocycles. The number of aliphatic hydroxyl groups is 1. The van der Waals surface area contributed by atoms with Gasteiger partial charge in [0.25, 0.3) is 11.8 Å². The summed E-state index contributed by atoms with van der Waals surface area (Å²) in [5.74, 6) is -0.952. The molecule has 6 heteroatoms. The van der Waals surface area contributed by atoms with Crippen molar-refractivity contribution in [3.8, 4) is 16.9 Å². The van der Waals surface area contributed by atoms with E-state index in [2.05, 4.69) is 6.58 Å². The van der Waals surface area contributed by atoms with Gasteiger partial charge in [0.15, 0.2) is 0 Å². The van der Waals surface area contributed by atoms with Crippen molar-refractivity contribution in [1.29, 1.82) is 0 Å². The fourth-order valence-corrected chi connectivity index (χ4v) is 3.33. The number of anilines is 1. The molecule has 1 N–H and O–H groups in total. The highest BCUT2D eigenvalue weighted by Gasteiger charge is 2.24. The van der Waals surface area contributed by atoms with Gasteiger partial charge < -0.3 is 9.84 Å². The van der Waals surface area contributed by atoms with Crippen LogP contribution in [0.5, 0.6) is 5.75 Å². The molecular weight excluding hydrogens is 430 g/mol. The first-order chi connectivity index (χ1) is 16.4. The number of amides is 2. The Bertz CT molecular complexity index is 1280. The first-order valence-corrected chi connectivity index (χ1v) is 10.5. The Hall–Kier alpha value is -4.55. The summed E-state index contributed by atoms with van der Waals surface area (Å²) in [6.45, 7) is 2.99. The zero-order valence-corrected chi connectivity index (χ0v) is 18.2. The number of ether oxygens (including phenoxy) is 1. The fraction of sp³-hybridized carbons (Fsp3) is 0.0357. The minimum Gasteiger partial charge on any atom is -0.423 e. The molecule has 1 aliphatic heterocycles. The number of benzene rings is 3. The van der Waals surface area contributed by atoms with Crippen LogP contribution in [0, 0.1) is 0 Å². The third kappa shape index (κ3) is 5.09. The number of imide groups is 1. The van der Waals surface area contributed by atoms with Gasteiger partial charge in [-0.3, -0.25) is 9.59 Å². The Labute approximate surface area is 196 Å². The Kier molecular flexibility index (Phi) is 6.62. The lowest BCUT2D eigenvalue weighted by atomic mass is 10.0. The maximum absolute atomic E-state index is 11.8. The Balaban J connectivity index is 1.39. The predicted octanol–water partition coefficient (Wildman–Crippen LogP) is 4.41. The lowest BCUT2D eigenvalue weighted by Crippen LogP contribution is -2.29. The number of carbonyl (C=O) groups is 3. The molecule has 0 bridgehead atoms. The molecule has 1 heterocycles. The fourth-order valence-electron chi connectivity index (χ4n) is 3.33. The smallest absolute Gasteiger partial charge is 0.341 e. The van der Waals surface area contributed by atoms with Crippen LogP contribution in [-0.4, -0.2) is 29.5 Å². The molecule has 3 aromatic rings. The van der Waals surface area contributed by atoms with Crippen LogP contribution < -0.4 is 9.64 Å². The molecular formula is C28H21NO5. The van der Waals surface area contributed by atoms with Gasteiger partial charge in [0.2, 0.25) is 0 Å². The highest BCUT2D eigenvalue weighted by Crippen LogP contribution is 2.26. The number of hydrogen-bond donors (Lipinski definition) is 1. The summed E-state index contributed by atoms with van der Waals surface area (Å²) in [5.41, 5.74) is 4.46. The molecule has 0 atom stereocenters. The van der Waals surface area contributed by atoms with Crippen molar-refractivity contribution in [3.05, 3.63) is 108 Å². The molecule has 0 fully saturated rings. The molecule has 2 amide bonds. The Morgan fingerprint density at radius 1 is 0.794 bits per heavy atom. The number of carbonyl (C=O) groups excluding carboxylic acids is 3. The molecule has 34 heavy (non-hydrogen) atoms. The minimum atomic E-state index is -0.657. The number of rotatable bonds is 7. The van der Waals surface area contributed by atoms with Crippen LogP contribution in [0.15, 0.2) is 97.1 Å². The van der Waals surface area contributed by atoms with Crippen LogP contribution >= 0.6 is 0 Å². The van der Waals surface area contributed by atoms with Crippen molar-refractivity contribution in [2.75, 3.05) is 11.5 Å². The van der Waals surface area contributed by atoms with Crippen LogP contribution in [0.1, 0.15) is 11.1 Å². The average molecular weight is 451 g/mol. The number of aliphatic hydroxyl groups excluding tert-OH is 1. The summed E-state index contributed by atoms with van der Waals surface area (Å²) >= 11 is 0. The maximum Gasteiger partial charge on any atom is 0.341 e. The first kappa shape index (κ1) is 22.6. The summed E-state index contributed by atoms with van der Waals surface area (Å²) < 4.78 is 5.13. The average Bonchev–Trinajstić information content (AvgIpc) is 3.21. The summed E-state index contributed by atoms with van der Waals surface area (Å²) in [5, 5.41) is 8.92. The summed E-state index contributed by atoms with van der Waals surface area (Å²) in [4.78, 5) is 36.4. The molecule has 3 aromatic carbocycles. The molecule has 6 nitrogen and oxygen atoms in total.